The lowest BCUT2D eigenvalue weighted by molar-refractivity contribution is 0.0697. The Kier molecular flexibility index (Phi) is 5.40. The fourth-order valence-corrected chi connectivity index (χ4v) is 4.62. The molecule has 2 atom stereocenters. The number of hydrogen-bond acceptors (Lipinski definition) is 3. The molecule has 1 fully saturated rings. The Balaban J connectivity index is 1.63. The van der Waals surface area contributed by atoms with Gasteiger partial charge in [0.1, 0.15) is 6.04 Å². The molecule has 0 radical (unpaired) electrons. The van der Waals surface area contributed by atoms with Gasteiger partial charge in [-0.25, -0.2) is 4.79 Å². The number of aromatic nitrogens is 2. The molecule has 2 aromatic carbocycles. The SMILES string of the molecule is Cc1ccc(N2C(=S)NC(c3ccccn3)C2c2cccn2-c2ccc(C(=O)O)cc2)cc1. The molecule has 2 N–H and O–H groups in total. The summed E-state index contributed by atoms with van der Waals surface area (Å²) in [6, 6.07) is 24.8. The molecule has 1 aliphatic heterocycles. The topological polar surface area (TPSA) is 70.4 Å². The molecule has 1 aliphatic rings. The van der Waals surface area contributed by atoms with Gasteiger partial charge in [0.05, 0.1) is 17.3 Å². The normalized spacial score (nSPS) is 17.7. The summed E-state index contributed by atoms with van der Waals surface area (Å²) in [5.74, 6) is -0.944. The van der Waals surface area contributed by atoms with Crippen LogP contribution in [0.1, 0.15) is 39.4 Å². The first kappa shape index (κ1) is 20.9. The first-order valence-corrected chi connectivity index (χ1v) is 11.0. The smallest absolute Gasteiger partial charge is 0.335 e. The summed E-state index contributed by atoms with van der Waals surface area (Å²) in [5.41, 5.74) is 5.22. The van der Waals surface area contributed by atoms with Crippen molar-refractivity contribution in [3.63, 3.8) is 0 Å². The molecule has 3 heterocycles. The van der Waals surface area contributed by atoms with Crippen LogP contribution in [0.5, 0.6) is 0 Å². The van der Waals surface area contributed by atoms with E-state index in [1.54, 1.807) is 18.3 Å². The number of hydrogen-bond donors (Lipinski definition) is 2. The van der Waals surface area contributed by atoms with E-state index < -0.39 is 5.97 Å². The number of aryl methyl sites for hydroxylation is 1. The number of nitrogens with zero attached hydrogens (tertiary/aromatic N) is 3. The number of rotatable bonds is 5. The van der Waals surface area contributed by atoms with Gasteiger partial charge in [-0.2, -0.15) is 0 Å². The van der Waals surface area contributed by atoms with Crippen molar-refractivity contribution in [2.45, 2.75) is 19.0 Å². The van der Waals surface area contributed by atoms with Crippen molar-refractivity contribution in [3.05, 3.63) is 114 Å². The summed E-state index contributed by atoms with van der Waals surface area (Å²) in [6.07, 6.45) is 3.77. The predicted molar refractivity (Wildman–Crippen MR) is 132 cm³/mol. The van der Waals surface area contributed by atoms with Crippen LogP contribution in [0.25, 0.3) is 5.69 Å². The number of aromatic carboxylic acids is 1. The number of carboxylic acids is 1. The standard InChI is InChI=1S/C26H22N4O2S/c1-17-7-11-20(12-8-17)30-24(23(28-26(30)33)21-5-2-3-15-27-21)22-6-4-16-29(22)19-13-9-18(10-14-19)25(31)32/h2-16,23-24H,1H3,(H,28,33)(H,31,32). The second kappa shape index (κ2) is 8.52. The summed E-state index contributed by atoms with van der Waals surface area (Å²) >= 11 is 5.80. The van der Waals surface area contributed by atoms with Crippen molar-refractivity contribution >= 4 is 29.0 Å². The third-order valence-electron chi connectivity index (χ3n) is 5.89. The van der Waals surface area contributed by atoms with Crippen LogP contribution < -0.4 is 10.2 Å². The Bertz CT molecular complexity index is 1300. The third-order valence-corrected chi connectivity index (χ3v) is 6.20. The van der Waals surface area contributed by atoms with Crippen LogP contribution in [-0.2, 0) is 0 Å². The minimum Gasteiger partial charge on any atom is -0.478 e. The van der Waals surface area contributed by atoms with E-state index in [1.807, 2.05) is 42.6 Å². The Labute approximate surface area is 197 Å². The van der Waals surface area contributed by atoms with Crippen LogP contribution in [0.15, 0.2) is 91.3 Å². The highest BCUT2D eigenvalue weighted by Crippen LogP contribution is 2.42. The fraction of sp³-hybridized carbons (Fsp3) is 0.115. The molecular weight excluding hydrogens is 432 g/mol. The van der Waals surface area contributed by atoms with E-state index in [0.717, 1.165) is 22.8 Å². The summed E-state index contributed by atoms with van der Waals surface area (Å²) in [7, 11) is 0. The number of thiocarbonyl (C=S) groups is 1. The Morgan fingerprint density at radius 2 is 1.70 bits per heavy atom. The average Bonchev–Trinajstić information content (AvgIpc) is 3.44. The first-order valence-electron chi connectivity index (χ1n) is 10.6. The second-order valence-electron chi connectivity index (χ2n) is 7.99. The second-order valence-corrected chi connectivity index (χ2v) is 8.37. The van der Waals surface area contributed by atoms with Gasteiger partial charge in [0, 0.05) is 29.5 Å². The highest BCUT2D eigenvalue weighted by Gasteiger charge is 2.42. The van der Waals surface area contributed by atoms with E-state index in [1.165, 1.54) is 5.56 Å². The quantitative estimate of drug-likeness (QED) is 0.411. The van der Waals surface area contributed by atoms with Crippen LogP contribution in [0, 0.1) is 6.92 Å². The van der Waals surface area contributed by atoms with Crippen molar-refractivity contribution in [1.29, 1.82) is 0 Å². The molecule has 33 heavy (non-hydrogen) atoms. The van der Waals surface area contributed by atoms with Gasteiger partial charge in [-0.05, 0) is 79.8 Å². The molecule has 0 aliphatic carbocycles. The van der Waals surface area contributed by atoms with Gasteiger partial charge in [-0.3, -0.25) is 4.98 Å². The minimum absolute atomic E-state index is 0.160. The lowest BCUT2D eigenvalue weighted by Crippen LogP contribution is -2.30. The van der Waals surface area contributed by atoms with Crippen LogP contribution in [0.3, 0.4) is 0 Å². The molecule has 0 spiro atoms. The van der Waals surface area contributed by atoms with E-state index >= 15 is 0 Å². The summed E-state index contributed by atoms with van der Waals surface area (Å²) in [4.78, 5) is 18.0. The zero-order valence-electron chi connectivity index (χ0n) is 17.9. The maximum atomic E-state index is 11.3. The average molecular weight is 455 g/mol. The van der Waals surface area contributed by atoms with E-state index in [9.17, 15) is 9.90 Å². The lowest BCUT2D eigenvalue weighted by Gasteiger charge is -2.29. The lowest BCUT2D eigenvalue weighted by atomic mass is 10.0. The summed E-state index contributed by atoms with van der Waals surface area (Å²) in [5, 5.41) is 13.4. The summed E-state index contributed by atoms with van der Waals surface area (Å²) < 4.78 is 2.07. The molecule has 164 valence electrons. The van der Waals surface area contributed by atoms with Gasteiger partial charge in [-0.15, -0.1) is 0 Å². The molecule has 6 nitrogen and oxygen atoms in total. The number of carboxylic acid groups (broad SMARTS) is 1. The molecule has 4 aromatic rings. The van der Waals surface area contributed by atoms with Gasteiger partial charge in [0.25, 0.3) is 0 Å². The molecule has 2 aromatic heterocycles. The van der Waals surface area contributed by atoms with Crippen molar-refractivity contribution in [3.8, 4) is 5.69 Å². The van der Waals surface area contributed by atoms with Crippen LogP contribution >= 0.6 is 12.2 Å². The van der Waals surface area contributed by atoms with Crippen molar-refractivity contribution in [1.82, 2.24) is 14.9 Å². The van der Waals surface area contributed by atoms with Gasteiger partial charge in [0.2, 0.25) is 0 Å². The molecule has 0 bridgehead atoms. The predicted octanol–water partition coefficient (Wildman–Crippen LogP) is 5.06. The van der Waals surface area contributed by atoms with Crippen LogP contribution in [-0.4, -0.2) is 25.7 Å². The van der Waals surface area contributed by atoms with Gasteiger partial charge >= 0.3 is 5.97 Å². The monoisotopic (exact) mass is 454 g/mol. The maximum absolute atomic E-state index is 11.3. The highest BCUT2D eigenvalue weighted by molar-refractivity contribution is 7.80. The summed E-state index contributed by atoms with van der Waals surface area (Å²) in [6.45, 7) is 2.06. The van der Waals surface area contributed by atoms with E-state index in [4.69, 9.17) is 12.2 Å². The molecular formula is C26H22N4O2S. The van der Waals surface area contributed by atoms with Crippen molar-refractivity contribution in [2.75, 3.05) is 4.90 Å². The molecule has 1 saturated heterocycles. The first-order chi connectivity index (χ1) is 16.0. The molecule has 2 unspecified atom stereocenters. The zero-order chi connectivity index (χ0) is 22.9. The third kappa shape index (κ3) is 3.87. The number of pyridine rings is 1. The number of carbonyl (C=O) groups is 1. The van der Waals surface area contributed by atoms with E-state index in [2.05, 4.69) is 57.0 Å². The Morgan fingerprint density at radius 1 is 0.970 bits per heavy atom. The molecule has 7 heteroatoms. The number of nitrogens with one attached hydrogen (secondary N) is 1. The number of benzene rings is 2. The van der Waals surface area contributed by atoms with Gasteiger partial charge < -0.3 is 19.9 Å². The fourth-order valence-electron chi connectivity index (χ4n) is 4.27. The van der Waals surface area contributed by atoms with Crippen molar-refractivity contribution in [2.24, 2.45) is 0 Å². The van der Waals surface area contributed by atoms with E-state index in [0.29, 0.717) is 5.11 Å². The Hall–Kier alpha value is -3.97. The van der Waals surface area contributed by atoms with Gasteiger partial charge in [0.15, 0.2) is 5.11 Å². The minimum atomic E-state index is -0.944. The van der Waals surface area contributed by atoms with E-state index in [-0.39, 0.29) is 17.6 Å². The Morgan fingerprint density at radius 3 is 2.36 bits per heavy atom. The van der Waals surface area contributed by atoms with Crippen LogP contribution in [0.2, 0.25) is 0 Å². The largest absolute Gasteiger partial charge is 0.478 e. The van der Waals surface area contributed by atoms with Gasteiger partial charge in [-0.1, -0.05) is 23.8 Å². The molecule has 0 saturated carbocycles. The van der Waals surface area contributed by atoms with Crippen LogP contribution in [0.4, 0.5) is 5.69 Å². The van der Waals surface area contributed by atoms with Crippen molar-refractivity contribution < 1.29 is 9.90 Å². The maximum Gasteiger partial charge on any atom is 0.335 e. The molecule has 0 amide bonds. The highest BCUT2D eigenvalue weighted by atomic mass is 32.1. The zero-order valence-corrected chi connectivity index (χ0v) is 18.7. The number of anilines is 1. The molecule has 5 rings (SSSR count).